The van der Waals surface area contributed by atoms with Gasteiger partial charge in [-0.3, -0.25) is 4.68 Å². The third-order valence-electron chi connectivity index (χ3n) is 3.37. The Labute approximate surface area is 91.1 Å². The van der Waals surface area contributed by atoms with Gasteiger partial charge in [0.25, 0.3) is 0 Å². The predicted octanol–water partition coefficient (Wildman–Crippen LogP) is 1.05. The van der Waals surface area contributed by atoms with Crippen LogP contribution in [-0.4, -0.2) is 34.3 Å². The minimum atomic E-state index is 0.609. The van der Waals surface area contributed by atoms with E-state index in [0.717, 1.165) is 24.9 Å². The molecule has 4 heteroatoms. The zero-order chi connectivity index (χ0) is 10.8. The van der Waals surface area contributed by atoms with Gasteiger partial charge in [0.2, 0.25) is 0 Å². The average molecular weight is 208 g/mol. The zero-order valence-corrected chi connectivity index (χ0v) is 9.56. The maximum Gasteiger partial charge on any atom is 0.145 e. The van der Waals surface area contributed by atoms with Crippen LogP contribution >= 0.6 is 0 Å². The van der Waals surface area contributed by atoms with Crippen LogP contribution in [0.1, 0.15) is 13.8 Å². The third-order valence-corrected chi connectivity index (χ3v) is 3.37. The molecular formula is C11H20N4. The second-order valence-electron chi connectivity index (χ2n) is 4.72. The molecule has 1 aliphatic heterocycles. The number of nitrogen functional groups attached to an aromatic ring is 1. The van der Waals surface area contributed by atoms with Crippen LogP contribution in [0.15, 0.2) is 12.3 Å². The second kappa shape index (κ2) is 4.23. The Hall–Kier alpha value is -1.03. The van der Waals surface area contributed by atoms with Crippen LogP contribution in [0.25, 0.3) is 0 Å². The van der Waals surface area contributed by atoms with E-state index >= 15 is 0 Å². The van der Waals surface area contributed by atoms with Crippen molar-refractivity contribution in [3.05, 3.63) is 12.3 Å². The summed E-state index contributed by atoms with van der Waals surface area (Å²) in [5.41, 5.74) is 5.56. The number of hydrogen-bond donors (Lipinski definition) is 1. The molecule has 0 aliphatic carbocycles. The smallest absolute Gasteiger partial charge is 0.145 e. The molecule has 1 aromatic heterocycles. The van der Waals surface area contributed by atoms with Crippen LogP contribution in [0.4, 0.5) is 5.82 Å². The first-order valence-corrected chi connectivity index (χ1v) is 5.66. The van der Waals surface area contributed by atoms with Crippen molar-refractivity contribution in [2.45, 2.75) is 20.4 Å². The van der Waals surface area contributed by atoms with E-state index in [1.807, 2.05) is 16.9 Å². The molecule has 4 nitrogen and oxygen atoms in total. The topological polar surface area (TPSA) is 47.1 Å². The van der Waals surface area contributed by atoms with Gasteiger partial charge in [0, 0.05) is 25.8 Å². The molecule has 1 saturated heterocycles. The minimum Gasteiger partial charge on any atom is -0.382 e. The van der Waals surface area contributed by atoms with Crippen molar-refractivity contribution in [3.8, 4) is 0 Å². The summed E-state index contributed by atoms with van der Waals surface area (Å²) >= 11 is 0. The van der Waals surface area contributed by atoms with E-state index in [1.165, 1.54) is 13.1 Å². The van der Waals surface area contributed by atoms with Crippen molar-refractivity contribution in [3.63, 3.8) is 0 Å². The lowest BCUT2D eigenvalue weighted by atomic mass is 10.0. The van der Waals surface area contributed by atoms with Crippen LogP contribution in [0, 0.1) is 11.8 Å². The number of likely N-dealkylation sites (tertiary alicyclic amines) is 1. The highest BCUT2D eigenvalue weighted by Gasteiger charge is 2.25. The Bertz CT molecular complexity index is 310. The zero-order valence-electron chi connectivity index (χ0n) is 9.56. The summed E-state index contributed by atoms with van der Waals surface area (Å²) in [6.07, 6.45) is 1.94. The van der Waals surface area contributed by atoms with Gasteiger partial charge in [0.05, 0.1) is 6.54 Å². The molecule has 2 rings (SSSR count). The number of nitrogens with two attached hydrogens (primary N) is 1. The maximum absolute atomic E-state index is 5.56. The molecule has 1 fully saturated rings. The highest BCUT2D eigenvalue weighted by atomic mass is 15.3. The van der Waals surface area contributed by atoms with E-state index in [-0.39, 0.29) is 0 Å². The average Bonchev–Trinajstić information content (AvgIpc) is 2.72. The van der Waals surface area contributed by atoms with Gasteiger partial charge in [0.15, 0.2) is 0 Å². The van der Waals surface area contributed by atoms with E-state index < -0.39 is 0 Å². The van der Waals surface area contributed by atoms with Gasteiger partial charge in [-0.05, 0) is 17.9 Å². The molecule has 2 heterocycles. The standard InChI is InChI=1S/C11H20N4/c1-9-7-14(8-10(9)2)5-6-15-4-3-11(12)13-15/h3-4,9-10H,5-8H2,1-2H3,(H2,12,13). The van der Waals surface area contributed by atoms with Gasteiger partial charge in [0.1, 0.15) is 5.82 Å². The first kappa shape index (κ1) is 10.5. The summed E-state index contributed by atoms with van der Waals surface area (Å²) < 4.78 is 1.92. The largest absolute Gasteiger partial charge is 0.382 e. The summed E-state index contributed by atoms with van der Waals surface area (Å²) in [6.45, 7) is 9.12. The summed E-state index contributed by atoms with van der Waals surface area (Å²) in [7, 11) is 0. The molecule has 0 radical (unpaired) electrons. The number of nitrogens with zero attached hydrogens (tertiary/aromatic N) is 3. The van der Waals surface area contributed by atoms with Gasteiger partial charge in [-0.2, -0.15) is 5.10 Å². The molecule has 0 amide bonds. The molecule has 1 aliphatic rings. The van der Waals surface area contributed by atoms with Gasteiger partial charge in [-0.1, -0.05) is 13.8 Å². The normalized spacial score (nSPS) is 27.3. The molecule has 0 bridgehead atoms. The highest BCUT2D eigenvalue weighted by molar-refractivity contribution is 5.23. The second-order valence-corrected chi connectivity index (χ2v) is 4.72. The Kier molecular flexibility index (Phi) is 2.95. The van der Waals surface area contributed by atoms with Crippen molar-refractivity contribution < 1.29 is 0 Å². The molecule has 2 atom stereocenters. The molecule has 0 saturated carbocycles. The summed E-state index contributed by atoms with van der Waals surface area (Å²) in [5.74, 6) is 2.26. The number of anilines is 1. The van der Waals surface area contributed by atoms with Crippen LogP contribution in [-0.2, 0) is 6.54 Å². The molecule has 84 valence electrons. The minimum absolute atomic E-state index is 0.609. The molecule has 0 aromatic carbocycles. The van der Waals surface area contributed by atoms with Gasteiger partial charge < -0.3 is 10.6 Å². The Morgan fingerprint density at radius 3 is 2.53 bits per heavy atom. The first-order valence-electron chi connectivity index (χ1n) is 5.66. The fraction of sp³-hybridized carbons (Fsp3) is 0.727. The van der Waals surface area contributed by atoms with Crippen LogP contribution in [0.3, 0.4) is 0 Å². The van der Waals surface area contributed by atoms with E-state index in [1.54, 1.807) is 0 Å². The summed E-state index contributed by atoms with van der Waals surface area (Å²) in [6, 6.07) is 1.84. The molecule has 15 heavy (non-hydrogen) atoms. The fourth-order valence-electron chi connectivity index (χ4n) is 2.18. The molecule has 2 unspecified atom stereocenters. The third kappa shape index (κ3) is 2.50. The highest BCUT2D eigenvalue weighted by Crippen LogP contribution is 2.21. The van der Waals surface area contributed by atoms with E-state index in [0.29, 0.717) is 5.82 Å². The van der Waals surface area contributed by atoms with Crippen LogP contribution in [0.2, 0.25) is 0 Å². The van der Waals surface area contributed by atoms with Crippen LogP contribution in [0.5, 0.6) is 0 Å². The summed E-state index contributed by atoms with van der Waals surface area (Å²) in [5, 5.41) is 4.18. The van der Waals surface area contributed by atoms with Crippen LogP contribution < -0.4 is 5.73 Å². The molecular weight excluding hydrogens is 188 g/mol. The van der Waals surface area contributed by atoms with Crippen molar-refractivity contribution >= 4 is 5.82 Å². The van der Waals surface area contributed by atoms with Gasteiger partial charge in [-0.15, -0.1) is 0 Å². The van der Waals surface area contributed by atoms with E-state index in [9.17, 15) is 0 Å². The molecule has 0 spiro atoms. The van der Waals surface area contributed by atoms with Crippen molar-refractivity contribution in [2.75, 3.05) is 25.4 Å². The van der Waals surface area contributed by atoms with Crippen molar-refractivity contribution in [1.82, 2.24) is 14.7 Å². The van der Waals surface area contributed by atoms with Gasteiger partial charge in [-0.25, -0.2) is 0 Å². The number of aromatic nitrogens is 2. The predicted molar refractivity (Wildman–Crippen MR) is 61.4 cm³/mol. The SMILES string of the molecule is CC1CN(CCn2ccc(N)n2)CC1C. The molecule has 2 N–H and O–H groups in total. The lowest BCUT2D eigenvalue weighted by Gasteiger charge is -2.14. The quantitative estimate of drug-likeness (QED) is 0.807. The monoisotopic (exact) mass is 208 g/mol. The summed E-state index contributed by atoms with van der Waals surface area (Å²) in [4.78, 5) is 2.51. The first-order chi connectivity index (χ1) is 7.15. The van der Waals surface area contributed by atoms with Crippen molar-refractivity contribution in [1.29, 1.82) is 0 Å². The van der Waals surface area contributed by atoms with E-state index in [4.69, 9.17) is 5.73 Å². The molecule has 1 aromatic rings. The Morgan fingerprint density at radius 1 is 1.33 bits per heavy atom. The Balaban J connectivity index is 1.79. The number of rotatable bonds is 3. The van der Waals surface area contributed by atoms with Crippen molar-refractivity contribution in [2.24, 2.45) is 11.8 Å². The Morgan fingerprint density at radius 2 is 2.00 bits per heavy atom. The fourth-order valence-corrected chi connectivity index (χ4v) is 2.18. The van der Waals surface area contributed by atoms with Gasteiger partial charge >= 0.3 is 0 Å². The lowest BCUT2D eigenvalue weighted by Crippen LogP contribution is -2.25. The van der Waals surface area contributed by atoms with E-state index in [2.05, 4.69) is 23.8 Å². The maximum atomic E-state index is 5.56. The lowest BCUT2D eigenvalue weighted by molar-refractivity contribution is 0.303. The number of hydrogen-bond acceptors (Lipinski definition) is 3.